The molecule has 0 spiro atoms. The third-order valence-corrected chi connectivity index (χ3v) is 4.38. The van der Waals surface area contributed by atoms with Gasteiger partial charge in [-0.05, 0) is 12.1 Å². The van der Waals surface area contributed by atoms with E-state index < -0.39 is 0 Å². The van der Waals surface area contributed by atoms with Crippen molar-refractivity contribution in [1.29, 1.82) is 0 Å². The topological polar surface area (TPSA) is 46.3 Å². The highest BCUT2D eigenvalue weighted by Gasteiger charge is 2.29. The lowest BCUT2D eigenvalue weighted by molar-refractivity contribution is -0.907. The third kappa shape index (κ3) is 3.03. The molecular formula is C14H18N3O2S+. The number of nitrogens with one attached hydrogen (secondary N) is 1. The highest BCUT2D eigenvalue weighted by molar-refractivity contribution is 8.15. The van der Waals surface area contributed by atoms with Crippen LogP contribution in [0, 0.1) is 0 Å². The lowest BCUT2D eigenvalue weighted by atomic mass is 10.3. The number of carbonyl (C=O) groups is 1. The summed E-state index contributed by atoms with van der Waals surface area (Å²) in [5, 5.41) is 0.820. The molecule has 106 valence electrons. The monoisotopic (exact) mass is 292 g/mol. The Morgan fingerprint density at radius 3 is 2.75 bits per heavy atom. The molecule has 1 amide bonds. The molecule has 0 unspecified atom stereocenters. The lowest BCUT2D eigenvalue weighted by Gasteiger charge is -2.22. The first-order chi connectivity index (χ1) is 9.84. The van der Waals surface area contributed by atoms with Gasteiger partial charge in [0.2, 0.25) is 5.91 Å². The van der Waals surface area contributed by atoms with Crippen LogP contribution >= 0.6 is 11.8 Å². The van der Waals surface area contributed by atoms with Crippen LogP contribution in [0.3, 0.4) is 0 Å². The summed E-state index contributed by atoms with van der Waals surface area (Å²) >= 11 is 1.52. The highest BCUT2D eigenvalue weighted by Crippen LogP contribution is 2.25. The van der Waals surface area contributed by atoms with Crippen LogP contribution < -0.4 is 9.80 Å². The second-order valence-corrected chi connectivity index (χ2v) is 5.76. The minimum Gasteiger partial charge on any atom is -0.370 e. The normalized spacial score (nSPS) is 22.7. The summed E-state index contributed by atoms with van der Waals surface area (Å²) in [6.45, 7) is 4.28. The maximum Gasteiger partial charge on any atom is 0.243 e. The molecule has 2 aliphatic rings. The fourth-order valence-electron chi connectivity index (χ4n) is 2.31. The second-order valence-electron chi connectivity index (χ2n) is 4.81. The average Bonchev–Trinajstić information content (AvgIpc) is 2.88. The van der Waals surface area contributed by atoms with E-state index >= 15 is 0 Å². The van der Waals surface area contributed by atoms with Gasteiger partial charge in [0.1, 0.15) is 13.1 Å². The molecule has 3 rings (SSSR count). The number of nitrogens with zero attached hydrogens (tertiary/aromatic N) is 2. The largest absolute Gasteiger partial charge is 0.370 e. The van der Waals surface area contributed by atoms with E-state index in [9.17, 15) is 4.79 Å². The number of rotatable bonds is 3. The maximum atomic E-state index is 12.0. The van der Waals surface area contributed by atoms with Crippen molar-refractivity contribution in [3.05, 3.63) is 30.3 Å². The Balaban J connectivity index is 1.72. The lowest BCUT2D eigenvalue weighted by Crippen LogP contribution is -3.13. The second kappa shape index (κ2) is 6.39. The van der Waals surface area contributed by atoms with Gasteiger partial charge in [-0.25, -0.2) is 4.99 Å². The number of amidine groups is 1. The summed E-state index contributed by atoms with van der Waals surface area (Å²) in [5.74, 6) is 0.587. The number of quaternary nitrogens is 1. The molecule has 1 N–H and O–H groups in total. The number of para-hydroxylation sites is 1. The SMILES string of the molecule is O=C1CSC(=NC[NH+]2CCOCC2)N1c1ccccc1. The van der Waals surface area contributed by atoms with E-state index in [4.69, 9.17) is 4.74 Å². The van der Waals surface area contributed by atoms with Gasteiger partial charge in [0.25, 0.3) is 0 Å². The van der Waals surface area contributed by atoms with Crippen LogP contribution in [0.2, 0.25) is 0 Å². The first-order valence-corrected chi connectivity index (χ1v) is 7.80. The van der Waals surface area contributed by atoms with Gasteiger partial charge < -0.3 is 9.64 Å². The molecule has 0 bridgehead atoms. The number of thioether (sulfide) groups is 1. The van der Waals surface area contributed by atoms with Crippen molar-refractivity contribution in [1.82, 2.24) is 0 Å². The van der Waals surface area contributed by atoms with Gasteiger partial charge in [0, 0.05) is 0 Å². The van der Waals surface area contributed by atoms with E-state index in [2.05, 4.69) is 4.99 Å². The maximum absolute atomic E-state index is 12.0. The minimum atomic E-state index is 0.108. The minimum absolute atomic E-state index is 0.108. The van der Waals surface area contributed by atoms with E-state index in [0.29, 0.717) is 12.4 Å². The summed E-state index contributed by atoms with van der Waals surface area (Å²) in [5.41, 5.74) is 0.901. The molecule has 6 heteroatoms. The molecule has 2 saturated heterocycles. The van der Waals surface area contributed by atoms with E-state index in [1.165, 1.54) is 16.7 Å². The van der Waals surface area contributed by atoms with Gasteiger partial charge in [-0.15, -0.1) is 0 Å². The van der Waals surface area contributed by atoms with Crippen LogP contribution in [0.25, 0.3) is 0 Å². The Bertz CT molecular complexity index is 500. The molecule has 2 fully saturated rings. The molecule has 0 saturated carbocycles. The summed E-state index contributed by atoms with van der Waals surface area (Å²) in [4.78, 5) is 19.8. The number of hydrogen-bond donors (Lipinski definition) is 1. The molecular weight excluding hydrogens is 274 g/mol. The standard InChI is InChI=1S/C14H17N3O2S/c18-13-10-20-14(15-11-16-6-8-19-9-7-16)17(13)12-4-2-1-3-5-12/h1-5H,6-11H2/p+1. The summed E-state index contributed by atoms with van der Waals surface area (Å²) in [7, 11) is 0. The quantitative estimate of drug-likeness (QED) is 0.853. The zero-order valence-electron chi connectivity index (χ0n) is 11.2. The molecule has 20 heavy (non-hydrogen) atoms. The smallest absolute Gasteiger partial charge is 0.243 e. The van der Waals surface area contributed by atoms with Crippen molar-refractivity contribution < 1.29 is 14.4 Å². The summed E-state index contributed by atoms with van der Waals surface area (Å²) in [6, 6.07) is 9.72. The molecule has 2 aliphatic heterocycles. The number of anilines is 1. The fourth-order valence-corrected chi connectivity index (χ4v) is 3.18. The first kappa shape index (κ1) is 13.6. The number of benzene rings is 1. The Morgan fingerprint density at radius 1 is 1.25 bits per heavy atom. The highest BCUT2D eigenvalue weighted by atomic mass is 32.2. The number of morpholine rings is 1. The Morgan fingerprint density at radius 2 is 2.00 bits per heavy atom. The van der Waals surface area contributed by atoms with Gasteiger partial charge in [0.05, 0.1) is 24.7 Å². The fraction of sp³-hybridized carbons (Fsp3) is 0.429. The van der Waals surface area contributed by atoms with Gasteiger partial charge in [0.15, 0.2) is 11.8 Å². The predicted molar refractivity (Wildman–Crippen MR) is 80.2 cm³/mol. The Kier molecular flexibility index (Phi) is 4.34. The third-order valence-electron chi connectivity index (χ3n) is 3.42. The zero-order chi connectivity index (χ0) is 13.8. The van der Waals surface area contributed by atoms with Crippen molar-refractivity contribution in [2.24, 2.45) is 4.99 Å². The molecule has 1 aromatic carbocycles. The van der Waals surface area contributed by atoms with Gasteiger partial charge in [-0.2, -0.15) is 0 Å². The average molecular weight is 292 g/mol. The van der Waals surface area contributed by atoms with Crippen LogP contribution in [0.15, 0.2) is 35.3 Å². The van der Waals surface area contributed by atoms with Crippen LogP contribution in [-0.4, -0.2) is 49.8 Å². The van der Waals surface area contributed by atoms with Crippen LogP contribution in [0.1, 0.15) is 0 Å². The molecule has 0 atom stereocenters. The van der Waals surface area contributed by atoms with E-state index in [0.717, 1.165) is 37.2 Å². The molecule has 0 aliphatic carbocycles. The Hall–Kier alpha value is -1.37. The van der Waals surface area contributed by atoms with Crippen LogP contribution in [0.5, 0.6) is 0 Å². The van der Waals surface area contributed by atoms with Gasteiger partial charge in [-0.3, -0.25) is 9.69 Å². The number of amides is 1. The Labute approximate surface area is 122 Å². The van der Waals surface area contributed by atoms with Crippen molar-refractivity contribution >= 4 is 28.5 Å². The number of aliphatic imine (C=N–C) groups is 1. The molecule has 2 heterocycles. The van der Waals surface area contributed by atoms with Crippen molar-refractivity contribution in [3.63, 3.8) is 0 Å². The van der Waals surface area contributed by atoms with E-state index in [1.54, 1.807) is 4.90 Å². The van der Waals surface area contributed by atoms with Crippen molar-refractivity contribution in [3.8, 4) is 0 Å². The first-order valence-electron chi connectivity index (χ1n) is 6.81. The predicted octanol–water partition coefficient (Wildman–Crippen LogP) is -0.00500. The van der Waals surface area contributed by atoms with Crippen molar-refractivity contribution in [2.75, 3.05) is 43.6 Å². The molecule has 1 aromatic rings. The summed E-state index contributed by atoms with van der Waals surface area (Å²) < 4.78 is 5.34. The van der Waals surface area contributed by atoms with Gasteiger partial charge >= 0.3 is 0 Å². The van der Waals surface area contributed by atoms with Crippen LogP contribution in [-0.2, 0) is 9.53 Å². The number of ether oxygens (including phenoxy) is 1. The van der Waals surface area contributed by atoms with Gasteiger partial charge in [-0.1, -0.05) is 30.0 Å². The molecule has 0 radical (unpaired) electrons. The number of carbonyl (C=O) groups excluding carboxylic acids is 1. The zero-order valence-corrected chi connectivity index (χ0v) is 12.1. The van der Waals surface area contributed by atoms with Crippen LogP contribution in [0.4, 0.5) is 5.69 Å². The summed E-state index contributed by atoms with van der Waals surface area (Å²) in [6.07, 6.45) is 0. The van der Waals surface area contributed by atoms with Crippen molar-refractivity contribution in [2.45, 2.75) is 0 Å². The molecule has 5 nitrogen and oxygen atoms in total. The molecule has 0 aromatic heterocycles. The number of hydrogen-bond acceptors (Lipinski definition) is 4. The van der Waals surface area contributed by atoms with E-state index in [1.807, 2.05) is 30.3 Å². The van der Waals surface area contributed by atoms with E-state index in [-0.39, 0.29) is 5.91 Å².